The molecule has 12 N–H and O–H groups in total. The molecule has 0 saturated carbocycles. The molecule has 11 atom stereocenters. The summed E-state index contributed by atoms with van der Waals surface area (Å²) < 4.78 is 66.1. The summed E-state index contributed by atoms with van der Waals surface area (Å²) in [5, 5.41) is 41.4. The van der Waals surface area contributed by atoms with E-state index in [1.165, 1.54) is 10.9 Å². The molecule has 0 bridgehead atoms. The van der Waals surface area contributed by atoms with Crippen LogP contribution >= 0.6 is 23.5 Å². The zero-order valence-electron chi connectivity index (χ0n) is 23.2. The van der Waals surface area contributed by atoms with Crippen LogP contribution in [0.2, 0.25) is 0 Å². The summed E-state index contributed by atoms with van der Waals surface area (Å²) in [6.45, 7) is -2.09. The highest BCUT2D eigenvalue weighted by molar-refractivity contribution is 7.66. The second kappa shape index (κ2) is 13.2. The van der Waals surface area contributed by atoms with E-state index in [2.05, 4.69) is 42.6 Å². The molecule has 3 aromatic heterocycles. The van der Waals surface area contributed by atoms with E-state index in [1.807, 2.05) is 0 Å². The van der Waals surface area contributed by atoms with Crippen molar-refractivity contribution in [3.05, 3.63) is 34.9 Å². The first kappa shape index (κ1) is 35.5. The lowest BCUT2D eigenvalue weighted by atomic mass is 10.0. The van der Waals surface area contributed by atoms with Crippen molar-refractivity contribution < 1.29 is 75.9 Å². The molecule has 0 aliphatic carbocycles. The van der Waals surface area contributed by atoms with Gasteiger partial charge in [0, 0.05) is 11.8 Å². The number of aliphatic hydroxyl groups excluding tert-OH is 4. The number of hydrogen-bond acceptors (Lipinski definition) is 20. The molecule has 2 fully saturated rings. The number of aromatic nitrogens is 6. The average Bonchev–Trinajstić information content (AvgIpc) is 3.60. The van der Waals surface area contributed by atoms with Crippen molar-refractivity contribution in [3.8, 4) is 0 Å². The molecule has 2 aliphatic heterocycles. The van der Waals surface area contributed by atoms with E-state index in [0.29, 0.717) is 0 Å². The molecule has 5 heterocycles. The predicted octanol–water partition coefficient (Wildman–Crippen LogP) is -3.08. The van der Waals surface area contributed by atoms with Gasteiger partial charge in [0.2, 0.25) is 0 Å². The van der Waals surface area contributed by atoms with Crippen molar-refractivity contribution in [2.24, 2.45) is 0 Å². The normalized spacial score (nSPS) is 31.8. The second-order valence-corrected chi connectivity index (χ2v) is 14.6. The molecule has 0 spiro atoms. The number of aromatic amines is 1. The van der Waals surface area contributed by atoms with Crippen molar-refractivity contribution in [2.75, 3.05) is 24.7 Å². The number of phosphoric acid groups is 3. The van der Waals surface area contributed by atoms with Crippen LogP contribution in [-0.4, -0.2) is 114 Å². The lowest BCUT2D eigenvalue weighted by molar-refractivity contribution is -0.0503. The summed E-state index contributed by atoms with van der Waals surface area (Å²) in [6.07, 6.45) is -9.51. The minimum absolute atomic E-state index is 0.0106. The van der Waals surface area contributed by atoms with Gasteiger partial charge in [0.05, 0.1) is 19.5 Å². The summed E-state index contributed by atoms with van der Waals surface area (Å²) in [6, 6.07) is 0. The summed E-state index contributed by atoms with van der Waals surface area (Å²) in [7, 11) is -17.2. The Hall–Kier alpha value is -2.80. The van der Waals surface area contributed by atoms with Gasteiger partial charge in [-0.1, -0.05) is 0 Å². The molecule has 3 aromatic rings. The Balaban J connectivity index is 1.15. The number of phosphoric ester groups is 2. The van der Waals surface area contributed by atoms with Gasteiger partial charge < -0.3 is 56.0 Å². The third kappa shape index (κ3) is 7.76. The quantitative estimate of drug-likeness (QED) is 0.0825. The zero-order valence-corrected chi connectivity index (χ0v) is 25.9. The van der Waals surface area contributed by atoms with Crippen molar-refractivity contribution in [1.29, 1.82) is 0 Å². The van der Waals surface area contributed by atoms with E-state index in [1.54, 1.807) is 0 Å². The number of ether oxygens (including phenoxy) is 2. The van der Waals surface area contributed by atoms with Gasteiger partial charge in [-0.25, -0.2) is 38.4 Å². The number of fused-ring (bicyclic) bond motifs is 1. The lowest BCUT2D eigenvalue weighted by Gasteiger charge is -2.21. The number of H-pyrrole nitrogens is 1. The first-order valence-electron chi connectivity index (χ1n) is 12.9. The third-order valence-corrected chi connectivity index (χ3v) is 11.0. The number of nitrogens with one attached hydrogen (secondary N) is 1. The third-order valence-electron chi connectivity index (χ3n) is 6.76. The molecule has 0 aromatic carbocycles. The largest absolute Gasteiger partial charge is 0.490 e. The summed E-state index contributed by atoms with van der Waals surface area (Å²) in [5.74, 6) is -0.248. The minimum Gasteiger partial charge on any atom is -0.387 e. The van der Waals surface area contributed by atoms with Crippen molar-refractivity contribution in [2.45, 2.75) is 49.0 Å². The fourth-order valence-corrected chi connectivity index (χ4v) is 8.12. The number of nitrogen functional groups attached to an aromatic ring is 2. The monoisotopic (exact) mass is 732 g/mol. The Morgan fingerprint density at radius 3 is 2.04 bits per heavy atom. The molecular weight excluding hydrogens is 705 g/mol. The SMILES string of the molecule is Nc1[nH]c(=O)ncc1[C@H]1O[C@H](COP(=O)(O)OP(=O)(O)OP(=O)(O)OC[C@H]2O[C@@H](n3cnc4c(N)ncnc43)[C@H](O)[C@@H]2O)[C@@H](O)[C@H]1O. The van der Waals surface area contributed by atoms with E-state index < -0.39 is 91.3 Å². The van der Waals surface area contributed by atoms with Crippen molar-refractivity contribution in [1.82, 2.24) is 29.5 Å². The molecule has 0 radical (unpaired) electrons. The smallest absolute Gasteiger partial charge is 0.387 e. The minimum atomic E-state index is -5.95. The molecule has 3 unspecified atom stereocenters. The van der Waals surface area contributed by atoms with Gasteiger partial charge in [-0.15, -0.1) is 0 Å². The standard InChI is InChI=1S/C19H27N8O17P3/c20-15-6(1-22-19(32)26-15)14-12(30)10(28)7(41-14)2-39-45(33,34)43-47(37,38)44-46(35,36)40-3-8-11(29)13(31)18(42-8)27-5-25-9-16(21)23-4-24-17(9)27/h1,4-5,7-8,10-14,18,28-31H,2-3H2,(H,33,34)(H,35,36)(H,37,38)(H2,21,23,24)(H3,20,22,26,32)/t7-,8-,10-,11-,12-,13-,14-,18-/m1/s1. The van der Waals surface area contributed by atoms with Gasteiger partial charge in [-0.2, -0.15) is 8.62 Å². The number of rotatable bonds is 12. The van der Waals surface area contributed by atoms with E-state index in [-0.39, 0.29) is 28.4 Å². The number of imidazole rings is 1. The van der Waals surface area contributed by atoms with Crippen LogP contribution in [0.1, 0.15) is 17.9 Å². The fraction of sp³-hybridized carbons (Fsp3) is 0.526. The van der Waals surface area contributed by atoms with Crippen LogP contribution in [0, 0.1) is 0 Å². The molecule has 5 rings (SSSR count). The van der Waals surface area contributed by atoms with Crippen LogP contribution in [0.3, 0.4) is 0 Å². The fourth-order valence-electron chi connectivity index (χ4n) is 4.60. The van der Waals surface area contributed by atoms with Crippen LogP contribution in [0.25, 0.3) is 11.2 Å². The van der Waals surface area contributed by atoms with Crippen LogP contribution in [0.15, 0.2) is 23.6 Å². The van der Waals surface area contributed by atoms with Crippen LogP contribution in [0.5, 0.6) is 0 Å². The maximum atomic E-state index is 12.4. The maximum Gasteiger partial charge on any atom is 0.490 e. The summed E-state index contributed by atoms with van der Waals surface area (Å²) >= 11 is 0. The van der Waals surface area contributed by atoms with E-state index in [9.17, 15) is 53.6 Å². The molecule has 2 aliphatic rings. The highest BCUT2D eigenvalue weighted by Crippen LogP contribution is 2.67. The molecule has 47 heavy (non-hydrogen) atoms. The zero-order chi connectivity index (χ0) is 34.5. The molecule has 28 heteroatoms. The van der Waals surface area contributed by atoms with E-state index in [4.69, 9.17) is 20.9 Å². The first-order chi connectivity index (χ1) is 21.9. The summed E-state index contributed by atoms with van der Waals surface area (Å²) in [5.41, 5.74) is 10.8. The van der Waals surface area contributed by atoms with Gasteiger partial charge in [0.1, 0.15) is 60.4 Å². The Morgan fingerprint density at radius 1 is 0.830 bits per heavy atom. The van der Waals surface area contributed by atoms with E-state index in [0.717, 1.165) is 12.5 Å². The number of anilines is 2. The van der Waals surface area contributed by atoms with Crippen LogP contribution < -0.4 is 17.2 Å². The Kier molecular flexibility index (Phi) is 10.0. The van der Waals surface area contributed by atoms with Gasteiger partial charge >= 0.3 is 29.2 Å². The van der Waals surface area contributed by atoms with Crippen molar-refractivity contribution >= 4 is 46.3 Å². The van der Waals surface area contributed by atoms with Gasteiger partial charge in [0.25, 0.3) is 0 Å². The number of aliphatic hydroxyl groups is 4. The van der Waals surface area contributed by atoms with Gasteiger partial charge in [-0.3, -0.25) is 18.6 Å². The highest BCUT2D eigenvalue weighted by atomic mass is 31.3. The maximum absolute atomic E-state index is 12.4. The van der Waals surface area contributed by atoms with E-state index >= 15 is 0 Å². The molecule has 260 valence electrons. The highest BCUT2D eigenvalue weighted by Gasteiger charge is 2.49. The molecular formula is C19H27N8O17P3. The second-order valence-electron chi connectivity index (χ2n) is 9.92. The average molecular weight is 732 g/mol. The summed E-state index contributed by atoms with van der Waals surface area (Å²) in [4.78, 5) is 58.3. The number of nitrogens with two attached hydrogens (primary N) is 2. The molecule has 25 nitrogen and oxygen atoms in total. The first-order valence-corrected chi connectivity index (χ1v) is 17.4. The predicted molar refractivity (Wildman–Crippen MR) is 148 cm³/mol. The lowest BCUT2D eigenvalue weighted by Crippen LogP contribution is -2.33. The Labute approximate surface area is 260 Å². The molecule has 2 saturated heterocycles. The van der Waals surface area contributed by atoms with Crippen LogP contribution in [0.4, 0.5) is 11.6 Å². The topological polar surface area (TPSA) is 390 Å². The number of nitrogens with zero attached hydrogens (tertiary/aromatic N) is 5. The molecule has 0 amide bonds. The van der Waals surface area contributed by atoms with Gasteiger partial charge in [-0.05, 0) is 0 Å². The van der Waals surface area contributed by atoms with Crippen molar-refractivity contribution in [3.63, 3.8) is 0 Å². The Morgan fingerprint density at radius 2 is 1.43 bits per heavy atom. The van der Waals surface area contributed by atoms with Crippen LogP contribution in [-0.2, 0) is 40.8 Å². The number of hydrogen-bond donors (Lipinski definition) is 10. The Bertz CT molecular complexity index is 1830. The van der Waals surface area contributed by atoms with Gasteiger partial charge in [0.15, 0.2) is 17.7 Å².